The molecule has 0 N–H and O–H groups in total. The highest BCUT2D eigenvalue weighted by molar-refractivity contribution is 7.92. The van der Waals surface area contributed by atoms with Crippen LogP contribution in [-0.4, -0.2) is 36.2 Å². The van der Waals surface area contributed by atoms with Crippen LogP contribution in [0.4, 0.5) is 5.69 Å². The van der Waals surface area contributed by atoms with Gasteiger partial charge in [0.1, 0.15) is 24.4 Å². The summed E-state index contributed by atoms with van der Waals surface area (Å²) in [5, 5.41) is 7.75. The highest BCUT2D eigenvalue weighted by atomic mass is 32.2. The van der Waals surface area contributed by atoms with Crippen LogP contribution in [0.5, 0.6) is 11.5 Å². The molecule has 9 heteroatoms. The second kappa shape index (κ2) is 7.34. The third-order valence-electron chi connectivity index (χ3n) is 4.83. The Morgan fingerprint density at radius 2 is 1.77 bits per heavy atom. The number of benzene rings is 2. The van der Waals surface area contributed by atoms with Crippen molar-refractivity contribution in [3.63, 3.8) is 0 Å². The summed E-state index contributed by atoms with van der Waals surface area (Å²) in [4.78, 5) is 0.139. The molecular formula is C21H18N4O4S. The Balaban J connectivity index is 1.61. The minimum Gasteiger partial charge on any atom is -0.486 e. The Morgan fingerprint density at radius 1 is 0.967 bits per heavy atom. The molecule has 3 heterocycles. The molecule has 30 heavy (non-hydrogen) atoms. The van der Waals surface area contributed by atoms with Gasteiger partial charge in [0.05, 0.1) is 12.2 Å². The number of hydrogen-bond acceptors (Lipinski definition) is 6. The molecule has 0 fully saturated rings. The number of nitrogens with zero attached hydrogens (tertiary/aromatic N) is 4. The van der Waals surface area contributed by atoms with E-state index in [0.717, 1.165) is 5.56 Å². The van der Waals surface area contributed by atoms with Crippen LogP contribution in [0.15, 0.2) is 78.1 Å². The predicted octanol–water partition coefficient (Wildman–Crippen LogP) is 2.90. The first kappa shape index (κ1) is 18.4. The molecule has 5 rings (SSSR count). The van der Waals surface area contributed by atoms with Gasteiger partial charge in [0.15, 0.2) is 17.1 Å². The van der Waals surface area contributed by atoms with Crippen LogP contribution < -0.4 is 13.8 Å². The third-order valence-corrected chi connectivity index (χ3v) is 6.59. The minimum atomic E-state index is -3.89. The van der Waals surface area contributed by atoms with Crippen molar-refractivity contribution < 1.29 is 17.9 Å². The Labute approximate surface area is 173 Å². The highest BCUT2D eigenvalue weighted by Crippen LogP contribution is 2.36. The van der Waals surface area contributed by atoms with Crippen LogP contribution in [0.1, 0.15) is 5.56 Å². The number of fused-ring (bicyclic) bond motifs is 2. The normalized spacial score (nSPS) is 13.3. The lowest BCUT2D eigenvalue weighted by molar-refractivity contribution is 0.171. The lowest BCUT2D eigenvalue weighted by Gasteiger charge is -2.26. The van der Waals surface area contributed by atoms with Crippen LogP contribution in [0.25, 0.3) is 5.65 Å². The Morgan fingerprint density at radius 3 is 2.60 bits per heavy atom. The quantitative estimate of drug-likeness (QED) is 0.492. The molecule has 0 saturated carbocycles. The summed E-state index contributed by atoms with van der Waals surface area (Å²) < 4.78 is 41.5. The zero-order valence-corrected chi connectivity index (χ0v) is 16.7. The number of aromatic nitrogens is 3. The van der Waals surface area contributed by atoms with Gasteiger partial charge in [-0.3, -0.25) is 8.71 Å². The molecule has 0 radical (unpaired) electrons. The molecule has 0 unspecified atom stereocenters. The molecule has 1 aliphatic heterocycles. The van der Waals surface area contributed by atoms with Gasteiger partial charge in [-0.05, 0) is 29.8 Å². The standard InChI is InChI=1S/C21H18N4O4S/c26-30(27,18-7-9-21-23-22-15-24(21)14-18)25(13-16-4-2-1-3-5-16)17-6-8-19-20(12-17)29-11-10-28-19/h1-9,12,14-15H,10-11,13H2. The van der Waals surface area contributed by atoms with Gasteiger partial charge in [0.2, 0.25) is 0 Å². The molecular weight excluding hydrogens is 404 g/mol. The average molecular weight is 422 g/mol. The molecule has 0 bridgehead atoms. The van der Waals surface area contributed by atoms with Gasteiger partial charge < -0.3 is 9.47 Å². The molecule has 8 nitrogen and oxygen atoms in total. The molecule has 0 spiro atoms. The van der Waals surface area contributed by atoms with Gasteiger partial charge in [0.25, 0.3) is 10.0 Å². The lowest BCUT2D eigenvalue weighted by Crippen LogP contribution is -2.31. The largest absolute Gasteiger partial charge is 0.486 e. The summed E-state index contributed by atoms with van der Waals surface area (Å²) in [7, 11) is -3.89. The summed E-state index contributed by atoms with van der Waals surface area (Å²) in [5.74, 6) is 1.13. The molecule has 0 aliphatic carbocycles. The first-order chi connectivity index (χ1) is 14.6. The Kier molecular flexibility index (Phi) is 4.51. The minimum absolute atomic E-state index is 0.139. The summed E-state index contributed by atoms with van der Waals surface area (Å²) >= 11 is 0. The molecule has 0 amide bonds. The summed E-state index contributed by atoms with van der Waals surface area (Å²) in [5.41, 5.74) is 1.93. The summed E-state index contributed by atoms with van der Waals surface area (Å²) in [6, 6.07) is 17.8. The lowest BCUT2D eigenvalue weighted by atomic mass is 10.2. The van der Waals surface area contributed by atoms with E-state index in [1.807, 2.05) is 30.3 Å². The van der Waals surface area contributed by atoms with Crippen molar-refractivity contribution in [2.24, 2.45) is 0 Å². The molecule has 2 aromatic heterocycles. The third kappa shape index (κ3) is 3.33. The predicted molar refractivity (Wildman–Crippen MR) is 110 cm³/mol. The molecule has 152 valence electrons. The molecule has 4 aromatic rings. The number of pyridine rings is 1. The summed E-state index contributed by atoms with van der Waals surface area (Å²) in [6.07, 6.45) is 2.99. The highest BCUT2D eigenvalue weighted by Gasteiger charge is 2.27. The van der Waals surface area contributed by atoms with E-state index >= 15 is 0 Å². The second-order valence-electron chi connectivity index (χ2n) is 6.79. The molecule has 0 atom stereocenters. The van der Waals surface area contributed by atoms with Gasteiger partial charge in [0, 0.05) is 12.3 Å². The van der Waals surface area contributed by atoms with Crippen LogP contribution in [0.3, 0.4) is 0 Å². The Hall–Kier alpha value is -3.59. The number of anilines is 1. The molecule has 0 saturated heterocycles. The maximum atomic E-state index is 13.7. The van der Waals surface area contributed by atoms with Gasteiger partial charge in [-0.25, -0.2) is 8.42 Å². The monoisotopic (exact) mass is 422 g/mol. The van der Waals surface area contributed by atoms with Crippen molar-refractivity contribution in [3.8, 4) is 11.5 Å². The molecule has 2 aromatic carbocycles. The fourth-order valence-corrected chi connectivity index (χ4v) is 4.79. The number of sulfonamides is 1. The second-order valence-corrected chi connectivity index (χ2v) is 8.65. The van der Waals surface area contributed by atoms with Crippen LogP contribution in [-0.2, 0) is 16.6 Å². The van der Waals surface area contributed by atoms with Crippen molar-refractivity contribution in [2.75, 3.05) is 17.5 Å². The topological polar surface area (TPSA) is 86.0 Å². The van der Waals surface area contributed by atoms with E-state index in [0.29, 0.717) is 36.0 Å². The van der Waals surface area contributed by atoms with E-state index in [4.69, 9.17) is 9.47 Å². The SMILES string of the molecule is O=S(=O)(c1ccc2nncn2c1)N(Cc1ccccc1)c1ccc2c(c1)OCCO2. The van der Waals surface area contributed by atoms with E-state index in [1.165, 1.54) is 22.9 Å². The van der Waals surface area contributed by atoms with Crippen LogP contribution in [0.2, 0.25) is 0 Å². The fraction of sp³-hybridized carbons (Fsp3) is 0.143. The Bertz CT molecular complexity index is 1310. The van der Waals surface area contributed by atoms with Gasteiger partial charge in [-0.15, -0.1) is 10.2 Å². The van der Waals surface area contributed by atoms with Crippen LogP contribution >= 0.6 is 0 Å². The fourth-order valence-electron chi connectivity index (χ4n) is 3.34. The van der Waals surface area contributed by atoms with Crippen molar-refractivity contribution in [1.82, 2.24) is 14.6 Å². The maximum Gasteiger partial charge on any atom is 0.266 e. The number of hydrogen-bond donors (Lipinski definition) is 0. The van der Waals surface area contributed by atoms with Crippen molar-refractivity contribution in [1.29, 1.82) is 0 Å². The zero-order chi connectivity index (χ0) is 20.6. The van der Waals surface area contributed by atoms with Crippen LogP contribution in [0, 0.1) is 0 Å². The van der Waals surface area contributed by atoms with Gasteiger partial charge >= 0.3 is 0 Å². The van der Waals surface area contributed by atoms with E-state index in [-0.39, 0.29) is 11.4 Å². The first-order valence-electron chi connectivity index (χ1n) is 9.37. The average Bonchev–Trinajstić information content (AvgIpc) is 3.26. The van der Waals surface area contributed by atoms with E-state index in [2.05, 4.69) is 10.2 Å². The maximum absolute atomic E-state index is 13.7. The smallest absolute Gasteiger partial charge is 0.266 e. The molecule has 1 aliphatic rings. The van der Waals surface area contributed by atoms with E-state index in [9.17, 15) is 8.42 Å². The van der Waals surface area contributed by atoms with E-state index in [1.54, 1.807) is 28.7 Å². The number of ether oxygens (including phenoxy) is 2. The summed E-state index contributed by atoms with van der Waals surface area (Å²) in [6.45, 7) is 1.06. The van der Waals surface area contributed by atoms with Crippen molar-refractivity contribution >= 4 is 21.4 Å². The van der Waals surface area contributed by atoms with E-state index < -0.39 is 10.0 Å². The van der Waals surface area contributed by atoms with Gasteiger partial charge in [-0.2, -0.15) is 0 Å². The van der Waals surface area contributed by atoms with Gasteiger partial charge in [-0.1, -0.05) is 30.3 Å². The van der Waals surface area contributed by atoms with Crippen molar-refractivity contribution in [3.05, 3.63) is 78.8 Å². The van der Waals surface area contributed by atoms with Crippen molar-refractivity contribution in [2.45, 2.75) is 11.4 Å². The number of rotatable bonds is 5. The zero-order valence-electron chi connectivity index (χ0n) is 15.9. The first-order valence-corrected chi connectivity index (χ1v) is 10.8.